The molecule has 3 atom stereocenters. The van der Waals surface area contributed by atoms with E-state index in [0.29, 0.717) is 23.7 Å². The van der Waals surface area contributed by atoms with E-state index < -0.39 is 0 Å². The molecule has 1 saturated heterocycles. The van der Waals surface area contributed by atoms with Gasteiger partial charge in [0.2, 0.25) is 17.6 Å². The van der Waals surface area contributed by atoms with Crippen LogP contribution in [0.1, 0.15) is 38.0 Å². The lowest BCUT2D eigenvalue weighted by Gasteiger charge is -2.24. The molecule has 126 valence electrons. The Morgan fingerprint density at radius 2 is 2.21 bits per heavy atom. The van der Waals surface area contributed by atoms with Crippen molar-refractivity contribution in [2.75, 3.05) is 5.32 Å². The summed E-state index contributed by atoms with van der Waals surface area (Å²) in [6.45, 7) is 1.76. The summed E-state index contributed by atoms with van der Waals surface area (Å²) in [6, 6.07) is 7.98. The highest BCUT2D eigenvalue weighted by Crippen LogP contribution is 2.33. The average Bonchev–Trinajstić information content (AvgIpc) is 3.21. The molecule has 2 aromatic rings. The zero-order valence-corrected chi connectivity index (χ0v) is 13.8. The lowest BCUT2D eigenvalue weighted by Crippen LogP contribution is -2.39. The van der Waals surface area contributed by atoms with Gasteiger partial charge in [0.25, 0.3) is 0 Å². The summed E-state index contributed by atoms with van der Waals surface area (Å²) >= 11 is 0. The molecule has 2 aliphatic rings. The summed E-state index contributed by atoms with van der Waals surface area (Å²) in [5, 5.41) is 10.5. The Morgan fingerprint density at radius 3 is 3.00 bits per heavy atom. The summed E-state index contributed by atoms with van der Waals surface area (Å²) < 4.78 is 5.02. The van der Waals surface area contributed by atoms with Crippen LogP contribution in [0.25, 0.3) is 11.4 Å². The Balaban J connectivity index is 1.44. The Kier molecular flexibility index (Phi) is 4.06. The van der Waals surface area contributed by atoms with Crippen LogP contribution < -0.4 is 10.6 Å². The summed E-state index contributed by atoms with van der Waals surface area (Å²) in [6.07, 6.45) is 5.95. The molecule has 1 aromatic carbocycles. The first-order valence-electron chi connectivity index (χ1n) is 8.67. The predicted octanol–water partition coefficient (Wildman–Crippen LogP) is 2.90. The Morgan fingerprint density at radius 1 is 1.33 bits per heavy atom. The number of carbonyl (C=O) groups is 1. The molecule has 1 aromatic heterocycles. The highest BCUT2D eigenvalue weighted by Gasteiger charge is 2.38. The fourth-order valence-electron chi connectivity index (χ4n) is 3.90. The monoisotopic (exact) mass is 326 g/mol. The molecule has 4 rings (SSSR count). The minimum atomic E-state index is -0.0887. The molecule has 0 bridgehead atoms. The summed E-state index contributed by atoms with van der Waals surface area (Å²) in [5.41, 5.74) is 1.59. The lowest BCUT2D eigenvalue weighted by molar-refractivity contribution is -0.117. The van der Waals surface area contributed by atoms with Gasteiger partial charge < -0.3 is 15.2 Å². The van der Waals surface area contributed by atoms with Crippen LogP contribution in [-0.2, 0) is 4.79 Å². The number of amides is 1. The van der Waals surface area contributed by atoms with Gasteiger partial charge >= 0.3 is 0 Å². The quantitative estimate of drug-likeness (QED) is 0.906. The second kappa shape index (κ2) is 6.36. The second-order valence-electron chi connectivity index (χ2n) is 6.81. The third-order valence-electron chi connectivity index (χ3n) is 5.10. The number of nitrogens with one attached hydrogen (secondary N) is 2. The number of fused-ring (bicyclic) bond motifs is 1. The summed E-state index contributed by atoms with van der Waals surface area (Å²) in [7, 11) is 0. The Hall–Kier alpha value is -2.21. The largest absolute Gasteiger partial charge is 0.339 e. The molecule has 2 heterocycles. The molecule has 1 saturated carbocycles. The minimum Gasteiger partial charge on any atom is -0.339 e. The van der Waals surface area contributed by atoms with Crippen LogP contribution in [0.3, 0.4) is 0 Å². The number of hydrogen-bond donors (Lipinski definition) is 2. The molecular weight excluding hydrogens is 304 g/mol. The van der Waals surface area contributed by atoms with Crippen molar-refractivity contribution in [3.05, 3.63) is 30.2 Å². The number of aromatic nitrogens is 2. The molecule has 0 spiro atoms. The van der Waals surface area contributed by atoms with E-state index in [-0.39, 0.29) is 11.9 Å². The van der Waals surface area contributed by atoms with Gasteiger partial charge in [-0.3, -0.25) is 4.79 Å². The van der Waals surface area contributed by atoms with Gasteiger partial charge in [0.15, 0.2) is 0 Å². The van der Waals surface area contributed by atoms with E-state index in [0.717, 1.165) is 17.7 Å². The summed E-state index contributed by atoms with van der Waals surface area (Å²) in [5.74, 6) is 1.76. The molecule has 1 aliphatic carbocycles. The van der Waals surface area contributed by atoms with E-state index in [1.54, 1.807) is 6.92 Å². The van der Waals surface area contributed by atoms with E-state index in [9.17, 15) is 4.79 Å². The predicted molar refractivity (Wildman–Crippen MR) is 90.4 cm³/mol. The molecule has 24 heavy (non-hydrogen) atoms. The lowest BCUT2D eigenvalue weighted by atomic mass is 9.85. The van der Waals surface area contributed by atoms with Gasteiger partial charge in [0.1, 0.15) is 0 Å². The SMILES string of the molecule is Cc1nc(-c2cccc(NC(=O)[C@@H]3C[C@H]4CCCC[C@@H]4N3)c2)no1. The number of rotatable bonds is 3. The van der Waals surface area contributed by atoms with Gasteiger partial charge in [-0.1, -0.05) is 30.1 Å². The number of nitrogens with zero attached hydrogens (tertiary/aromatic N) is 2. The highest BCUT2D eigenvalue weighted by atomic mass is 16.5. The standard InChI is InChI=1S/C18H22N4O2/c1-11-19-17(22-24-11)13-6-4-7-14(9-13)20-18(23)16-10-12-5-2-3-8-15(12)21-16/h4,6-7,9,12,15-16,21H,2-3,5,8,10H2,1H3,(H,20,23)/t12-,15+,16+/m1/s1. The molecule has 6 heteroatoms. The molecule has 0 radical (unpaired) electrons. The third kappa shape index (κ3) is 3.06. The third-order valence-corrected chi connectivity index (χ3v) is 5.10. The van der Waals surface area contributed by atoms with E-state index in [1.807, 2.05) is 24.3 Å². The van der Waals surface area contributed by atoms with Gasteiger partial charge in [-0.15, -0.1) is 0 Å². The van der Waals surface area contributed by atoms with Gasteiger partial charge in [-0.05, 0) is 37.3 Å². The van der Waals surface area contributed by atoms with Gasteiger partial charge in [-0.2, -0.15) is 4.98 Å². The van der Waals surface area contributed by atoms with Gasteiger partial charge in [0.05, 0.1) is 6.04 Å². The first kappa shape index (κ1) is 15.3. The molecule has 6 nitrogen and oxygen atoms in total. The topological polar surface area (TPSA) is 80.0 Å². The molecular formula is C18H22N4O2. The molecule has 0 unspecified atom stereocenters. The van der Waals surface area contributed by atoms with Crippen LogP contribution in [0.5, 0.6) is 0 Å². The molecule has 2 N–H and O–H groups in total. The van der Waals surface area contributed by atoms with Crippen molar-refractivity contribution in [2.24, 2.45) is 5.92 Å². The average molecular weight is 326 g/mol. The van der Waals surface area contributed by atoms with Crippen LogP contribution in [-0.4, -0.2) is 28.1 Å². The van der Waals surface area contributed by atoms with Crippen molar-refractivity contribution < 1.29 is 9.32 Å². The number of benzene rings is 1. The highest BCUT2D eigenvalue weighted by molar-refractivity contribution is 5.95. The van der Waals surface area contributed by atoms with Crippen LogP contribution in [0, 0.1) is 12.8 Å². The maximum Gasteiger partial charge on any atom is 0.241 e. The zero-order chi connectivity index (χ0) is 16.5. The fraction of sp³-hybridized carbons (Fsp3) is 0.500. The molecule has 1 aliphatic heterocycles. The second-order valence-corrected chi connectivity index (χ2v) is 6.81. The van der Waals surface area contributed by atoms with Crippen molar-refractivity contribution in [2.45, 2.75) is 51.1 Å². The number of anilines is 1. The summed E-state index contributed by atoms with van der Waals surface area (Å²) in [4.78, 5) is 16.8. The zero-order valence-electron chi connectivity index (χ0n) is 13.8. The van der Waals surface area contributed by atoms with E-state index >= 15 is 0 Å². The van der Waals surface area contributed by atoms with Crippen molar-refractivity contribution >= 4 is 11.6 Å². The van der Waals surface area contributed by atoms with Crippen molar-refractivity contribution in [1.29, 1.82) is 0 Å². The van der Waals surface area contributed by atoms with Gasteiger partial charge in [0, 0.05) is 24.2 Å². The Bertz CT molecular complexity index is 728. The van der Waals surface area contributed by atoms with Crippen LogP contribution in [0.2, 0.25) is 0 Å². The molecule has 2 fully saturated rings. The van der Waals surface area contributed by atoms with E-state index in [2.05, 4.69) is 20.8 Å². The normalized spacial score (nSPS) is 26.1. The van der Waals surface area contributed by atoms with Crippen LogP contribution >= 0.6 is 0 Å². The van der Waals surface area contributed by atoms with Crippen LogP contribution in [0.15, 0.2) is 28.8 Å². The number of hydrogen-bond acceptors (Lipinski definition) is 5. The smallest absolute Gasteiger partial charge is 0.241 e. The Labute approximate surface area is 141 Å². The first-order valence-corrected chi connectivity index (χ1v) is 8.67. The molecule has 1 amide bonds. The van der Waals surface area contributed by atoms with Crippen molar-refractivity contribution in [3.63, 3.8) is 0 Å². The minimum absolute atomic E-state index is 0.0471. The first-order chi connectivity index (χ1) is 11.7. The number of aryl methyl sites for hydroxylation is 1. The number of carbonyl (C=O) groups excluding carboxylic acids is 1. The van der Waals surface area contributed by atoms with Crippen molar-refractivity contribution in [1.82, 2.24) is 15.5 Å². The van der Waals surface area contributed by atoms with E-state index in [4.69, 9.17) is 4.52 Å². The van der Waals surface area contributed by atoms with Crippen LogP contribution in [0.4, 0.5) is 5.69 Å². The van der Waals surface area contributed by atoms with E-state index in [1.165, 1.54) is 25.7 Å². The van der Waals surface area contributed by atoms with Gasteiger partial charge in [-0.25, -0.2) is 0 Å². The van der Waals surface area contributed by atoms with Crippen molar-refractivity contribution in [3.8, 4) is 11.4 Å². The maximum absolute atomic E-state index is 12.6. The maximum atomic E-state index is 12.6. The fourth-order valence-corrected chi connectivity index (χ4v) is 3.90.